The van der Waals surface area contributed by atoms with Crippen molar-refractivity contribution in [2.24, 2.45) is 0 Å². The van der Waals surface area contributed by atoms with E-state index in [0.717, 1.165) is 29.0 Å². The van der Waals surface area contributed by atoms with E-state index >= 15 is 0 Å². The third-order valence-corrected chi connectivity index (χ3v) is 4.53. The van der Waals surface area contributed by atoms with Crippen LogP contribution in [0.2, 0.25) is 0 Å². The molecule has 3 rings (SSSR count). The van der Waals surface area contributed by atoms with Crippen LogP contribution in [0.3, 0.4) is 0 Å². The average molecular weight is 408 g/mol. The molecule has 1 heterocycles. The summed E-state index contributed by atoms with van der Waals surface area (Å²) in [7, 11) is 1.63. The molecule has 0 spiro atoms. The lowest BCUT2D eigenvalue weighted by Gasteiger charge is -2.10. The van der Waals surface area contributed by atoms with Crippen molar-refractivity contribution in [1.29, 1.82) is 0 Å². The quantitative estimate of drug-likeness (QED) is 0.537. The number of amides is 1. The number of methoxy groups -OCH3 is 1. The van der Waals surface area contributed by atoms with E-state index in [-0.39, 0.29) is 12.0 Å². The molecule has 158 valence electrons. The smallest absolute Gasteiger partial charge is 0.220 e. The molecule has 0 saturated carbocycles. The Balaban J connectivity index is 1.40. The predicted octanol–water partition coefficient (Wildman–Crippen LogP) is 4.43. The second-order valence-corrected chi connectivity index (χ2v) is 7.26. The molecule has 1 N–H and O–H groups in total. The Morgan fingerprint density at radius 3 is 2.40 bits per heavy atom. The molecule has 1 aromatic heterocycles. The molecule has 1 amide bonds. The second kappa shape index (κ2) is 10.5. The molecule has 2 aromatic carbocycles. The van der Waals surface area contributed by atoms with E-state index < -0.39 is 0 Å². The highest BCUT2D eigenvalue weighted by Crippen LogP contribution is 2.23. The fourth-order valence-corrected chi connectivity index (χ4v) is 2.98. The van der Waals surface area contributed by atoms with Crippen molar-refractivity contribution in [2.45, 2.75) is 39.2 Å². The van der Waals surface area contributed by atoms with Gasteiger partial charge in [0.25, 0.3) is 0 Å². The van der Waals surface area contributed by atoms with Crippen LogP contribution in [0.5, 0.6) is 11.5 Å². The number of carbonyl (C=O) groups excluding carboxylic acids is 1. The molecule has 0 aliphatic heterocycles. The minimum atomic E-state index is -0.0149. The van der Waals surface area contributed by atoms with E-state index in [4.69, 9.17) is 13.9 Å². The van der Waals surface area contributed by atoms with Gasteiger partial charge in [0.15, 0.2) is 11.7 Å². The van der Waals surface area contributed by atoms with Crippen molar-refractivity contribution in [3.63, 3.8) is 0 Å². The first-order valence-corrected chi connectivity index (χ1v) is 10.1. The lowest BCUT2D eigenvalue weighted by atomic mass is 10.1. The monoisotopic (exact) mass is 408 g/mol. The first-order chi connectivity index (χ1) is 14.5. The van der Waals surface area contributed by atoms with Crippen LogP contribution >= 0.6 is 0 Å². The van der Waals surface area contributed by atoms with Gasteiger partial charge in [0.1, 0.15) is 11.5 Å². The van der Waals surface area contributed by atoms with E-state index in [1.165, 1.54) is 0 Å². The van der Waals surface area contributed by atoms with Crippen molar-refractivity contribution >= 4 is 5.91 Å². The molecule has 6 nitrogen and oxygen atoms in total. The molecule has 0 fully saturated rings. The third-order valence-electron chi connectivity index (χ3n) is 4.53. The molecule has 0 aliphatic carbocycles. The third kappa shape index (κ3) is 6.37. The van der Waals surface area contributed by atoms with E-state index in [1.807, 2.05) is 62.4 Å². The molecular formula is C24H28N2O4. The zero-order chi connectivity index (χ0) is 21.3. The summed E-state index contributed by atoms with van der Waals surface area (Å²) in [4.78, 5) is 16.4. The van der Waals surface area contributed by atoms with Gasteiger partial charge in [0.05, 0.1) is 19.4 Å². The van der Waals surface area contributed by atoms with Crippen LogP contribution in [-0.2, 0) is 17.6 Å². The van der Waals surface area contributed by atoms with Gasteiger partial charge in [-0.3, -0.25) is 4.79 Å². The van der Waals surface area contributed by atoms with Crippen LogP contribution in [-0.4, -0.2) is 30.6 Å². The highest BCUT2D eigenvalue weighted by molar-refractivity contribution is 5.76. The molecule has 0 bridgehead atoms. The summed E-state index contributed by atoms with van der Waals surface area (Å²) in [6.07, 6.45) is 3.41. The number of aromatic nitrogens is 1. The number of benzene rings is 2. The highest BCUT2D eigenvalue weighted by atomic mass is 16.5. The van der Waals surface area contributed by atoms with Crippen molar-refractivity contribution in [1.82, 2.24) is 10.3 Å². The van der Waals surface area contributed by atoms with Crippen LogP contribution in [0.4, 0.5) is 0 Å². The Morgan fingerprint density at radius 2 is 1.73 bits per heavy atom. The van der Waals surface area contributed by atoms with Gasteiger partial charge in [-0.15, -0.1) is 0 Å². The fourth-order valence-electron chi connectivity index (χ4n) is 2.98. The molecule has 6 heteroatoms. The number of ether oxygens (including phenoxy) is 2. The van der Waals surface area contributed by atoms with Crippen molar-refractivity contribution in [3.8, 4) is 22.8 Å². The molecule has 3 aromatic rings. The lowest BCUT2D eigenvalue weighted by molar-refractivity contribution is -0.121. The second-order valence-electron chi connectivity index (χ2n) is 7.26. The number of nitrogens with one attached hydrogen (secondary N) is 1. The van der Waals surface area contributed by atoms with Gasteiger partial charge in [-0.2, -0.15) is 0 Å². The molecule has 0 aliphatic rings. The van der Waals surface area contributed by atoms with Gasteiger partial charge < -0.3 is 19.2 Å². The Kier molecular flexibility index (Phi) is 7.49. The van der Waals surface area contributed by atoms with Crippen molar-refractivity contribution in [2.75, 3.05) is 13.7 Å². The van der Waals surface area contributed by atoms with Gasteiger partial charge in [0, 0.05) is 24.9 Å². The zero-order valence-electron chi connectivity index (χ0n) is 17.7. The molecule has 0 radical (unpaired) electrons. The number of aryl methyl sites for hydroxylation is 1. The van der Waals surface area contributed by atoms with Gasteiger partial charge >= 0.3 is 0 Å². The summed E-state index contributed by atoms with van der Waals surface area (Å²) in [5.74, 6) is 2.86. The maximum Gasteiger partial charge on any atom is 0.220 e. The SMILES string of the molecule is COc1ccc(-c2cnc(CCC(=O)NCCc3ccc(OC(C)C)cc3)o2)cc1. The van der Waals surface area contributed by atoms with Crippen LogP contribution < -0.4 is 14.8 Å². The van der Waals surface area contributed by atoms with E-state index in [0.29, 0.717) is 31.0 Å². The van der Waals surface area contributed by atoms with Crippen LogP contribution in [0.1, 0.15) is 31.7 Å². The lowest BCUT2D eigenvalue weighted by Crippen LogP contribution is -2.25. The fraction of sp³-hybridized carbons (Fsp3) is 0.333. The number of hydrogen-bond acceptors (Lipinski definition) is 5. The van der Waals surface area contributed by atoms with E-state index in [2.05, 4.69) is 10.3 Å². The van der Waals surface area contributed by atoms with Crippen LogP contribution in [0.15, 0.2) is 59.1 Å². The summed E-state index contributed by atoms with van der Waals surface area (Å²) >= 11 is 0. The number of oxazole rings is 1. The number of nitrogens with zero attached hydrogens (tertiary/aromatic N) is 1. The van der Waals surface area contributed by atoms with Gasteiger partial charge in [0.2, 0.25) is 5.91 Å². The maximum atomic E-state index is 12.1. The van der Waals surface area contributed by atoms with Gasteiger partial charge in [-0.25, -0.2) is 4.98 Å². The average Bonchev–Trinajstić information content (AvgIpc) is 3.22. The van der Waals surface area contributed by atoms with Gasteiger partial charge in [-0.05, 0) is 62.2 Å². The Morgan fingerprint density at radius 1 is 1.03 bits per heavy atom. The van der Waals surface area contributed by atoms with Crippen LogP contribution in [0.25, 0.3) is 11.3 Å². The maximum absolute atomic E-state index is 12.1. The molecule has 0 unspecified atom stereocenters. The van der Waals surface area contributed by atoms with Crippen molar-refractivity contribution in [3.05, 3.63) is 66.2 Å². The normalized spacial score (nSPS) is 10.8. The first kappa shape index (κ1) is 21.4. The standard InChI is InChI=1S/C24H28N2O4/c1-17(2)29-21-8-4-18(5-9-21)14-15-25-23(27)12-13-24-26-16-22(30-24)19-6-10-20(28-3)11-7-19/h4-11,16-17H,12-15H2,1-3H3,(H,25,27). The Hall–Kier alpha value is -3.28. The zero-order valence-corrected chi connectivity index (χ0v) is 17.7. The first-order valence-electron chi connectivity index (χ1n) is 10.1. The summed E-state index contributed by atoms with van der Waals surface area (Å²) in [5.41, 5.74) is 2.08. The highest BCUT2D eigenvalue weighted by Gasteiger charge is 2.09. The summed E-state index contributed by atoms with van der Waals surface area (Å²) in [5, 5.41) is 2.95. The number of rotatable bonds is 10. The summed E-state index contributed by atoms with van der Waals surface area (Å²) < 4.78 is 16.6. The van der Waals surface area contributed by atoms with Gasteiger partial charge in [-0.1, -0.05) is 12.1 Å². The number of carbonyl (C=O) groups is 1. The Bertz CT molecular complexity index is 931. The minimum Gasteiger partial charge on any atom is -0.497 e. The largest absolute Gasteiger partial charge is 0.497 e. The molecule has 0 atom stereocenters. The number of hydrogen-bond donors (Lipinski definition) is 1. The molecular weight excluding hydrogens is 380 g/mol. The predicted molar refractivity (Wildman–Crippen MR) is 116 cm³/mol. The van der Waals surface area contributed by atoms with E-state index in [9.17, 15) is 4.79 Å². The summed E-state index contributed by atoms with van der Waals surface area (Å²) in [6.45, 7) is 4.59. The Labute approximate surface area is 177 Å². The minimum absolute atomic E-state index is 0.0149. The van der Waals surface area contributed by atoms with Crippen molar-refractivity contribution < 1.29 is 18.7 Å². The van der Waals surface area contributed by atoms with E-state index in [1.54, 1.807) is 13.3 Å². The summed E-state index contributed by atoms with van der Waals surface area (Å²) in [6, 6.07) is 15.5. The topological polar surface area (TPSA) is 73.6 Å². The van der Waals surface area contributed by atoms with Crippen LogP contribution in [0, 0.1) is 0 Å². The molecule has 0 saturated heterocycles. The molecule has 30 heavy (non-hydrogen) atoms.